The smallest absolute Gasteiger partial charge is 0.550 e. The second-order valence-electron chi connectivity index (χ2n) is 11.6. The summed E-state index contributed by atoms with van der Waals surface area (Å²) in [7, 11) is 0. The normalized spacial score (nSPS) is 15.0. The molecule has 0 spiro atoms. The molecule has 0 aliphatic heterocycles. The van der Waals surface area contributed by atoms with Crippen LogP contribution in [0.3, 0.4) is 0 Å². The fourth-order valence-electron chi connectivity index (χ4n) is 5.61. The molecule has 1 aromatic heterocycles. The zero-order valence-corrected chi connectivity index (χ0v) is 28.0. The topological polar surface area (TPSA) is 73.2 Å². The van der Waals surface area contributed by atoms with Crippen molar-refractivity contribution in [3.63, 3.8) is 0 Å². The molecule has 4 aromatic rings. The summed E-state index contributed by atoms with van der Waals surface area (Å²) < 4.78 is 0. The van der Waals surface area contributed by atoms with Gasteiger partial charge in [-0.05, 0) is 104 Å². The Hall–Kier alpha value is -2.12. The minimum atomic E-state index is -0.981. The number of carbonyl (C=O) groups is 1. The summed E-state index contributed by atoms with van der Waals surface area (Å²) >= 11 is 8.00. The second kappa shape index (κ2) is 14.1. The number of pyridine rings is 1. The molecule has 0 unspecified atom stereocenters. The van der Waals surface area contributed by atoms with Gasteiger partial charge in [-0.2, -0.15) is 11.8 Å². The molecule has 0 saturated heterocycles. The SMILES string of the molecule is CC(C)(O)c1ccccc1CCCS[C@@H](c1cccc(/C=C/c2ccc3ccc(Cl)cc3n2)c1)C1(CC(=O)[O-])CC1.[Na+]. The Morgan fingerprint density at radius 1 is 1.07 bits per heavy atom. The number of thioether (sulfide) groups is 1. The van der Waals surface area contributed by atoms with Crippen molar-refractivity contribution in [3.8, 4) is 0 Å². The maximum absolute atomic E-state index is 11.7. The number of rotatable bonds is 12. The maximum atomic E-state index is 11.7. The van der Waals surface area contributed by atoms with Gasteiger partial charge in [-0.1, -0.05) is 78.3 Å². The number of aromatic nitrogens is 1. The fraction of sp³-hybridized carbons (Fsp3) is 0.314. The Bertz CT molecular complexity index is 1580. The number of aliphatic carboxylic acids is 1. The molecule has 42 heavy (non-hydrogen) atoms. The number of fused-ring (bicyclic) bond motifs is 1. The van der Waals surface area contributed by atoms with E-state index in [0.717, 1.165) is 70.3 Å². The van der Waals surface area contributed by atoms with Crippen molar-refractivity contribution in [2.75, 3.05) is 5.75 Å². The molecule has 4 nitrogen and oxygen atoms in total. The first-order valence-electron chi connectivity index (χ1n) is 14.1. The molecular weight excluding hydrogens is 573 g/mol. The monoisotopic (exact) mass is 607 g/mol. The van der Waals surface area contributed by atoms with Crippen molar-refractivity contribution in [2.24, 2.45) is 5.41 Å². The van der Waals surface area contributed by atoms with Gasteiger partial charge < -0.3 is 15.0 Å². The fourth-order valence-corrected chi connectivity index (χ4v) is 7.34. The van der Waals surface area contributed by atoms with Crippen molar-refractivity contribution in [3.05, 3.63) is 112 Å². The Kier molecular flexibility index (Phi) is 11.0. The van der Waals surface area contributed by atoms with Crippen LogP contribution in [0.15, 0.2) is 78.9 Å². The molecule has 1 atom stereocenters. The Balaban J connectivity index is 0.00000405. The average Bonchev–Trinajstić information content (AvgIpc) is 3.70. The first-order chi connectivity index (χ1) is 19.6. The number of hydrogen-bond donors (Lipinski definition) is 1. The number of aryl methyl sites for hydroxylation is 1. The number of carbonyl (C=O) groups excluding carboxylic acids is 1. The molecule has 7 heteroatoms. The van der Waals surface area contributed by atoms with Gasteiger partial charge in [-0.15, -0.1) is 0 Å². The van der Waals surface area contributed by atoms with Crippen LogP contribution in [0.5, 0.6) is 0 Å². The van der Waals surface area contributed by atoms with Gasteiger partial charge in [0.15, 0.2) is 0 Å². The van der Waals surface area contributed by atoms with E-state index in [9.17, 15) is 15.0 Å². The van der Waals surface area contributed by atoms with Gasteiger partial charge in [0.2, 0.25) is 0 Å². The van der Waals surface area contributed by atoms with Crippen LogP contribution in [0.2, 0.25) is 5.02 Å². The maximum Gasteiger partial charge on any atom is 1.00 e. The second-order valence-corrected chi connectivity index (χ2v) is 13.2. The van der Waals surface area contributed by atoms with Gasteiger partial charge in [0.1, 0.15) is 0 Å². The predicted molar refractivity (Wildman–Crippen MR) is 169 cm³/mol. The van der Waals surface area contributed by atoms with E-state index < -0.39 is 11.6 Å². The van der Waals surface area contributed by atoms with Crippen molar-refractivity contribution < 1.29 is 44.6 Å². The molecule has 1 saturated carbocycles. The quantitative estimate of drug-likeness (QED) is 0.188. The number of aliphatic hydroxyl groups is 1. The van der Waals surface area contributed by atoms with Crippen LogP contribution < -0.4 is 34.7 Å². The van der Waals surface area contributed by atoms with Crippen LogP contribution in [0.1, 0.15) is 72.7 Å². The molecule has 5 rings (SSSR count). The van der Waals surface area contributed by atoms with Gasteiger partial charge in [-0.3, -0.25) is 0 Å². The van der Waals surface area contributed by atoms with Crippen LogP contribution in [-0.2, 0) is 16.8 Å². The van der Waals surface area contributed by atoms with Crippen molar-refractivity contribution >= 4 is 52.4 Å². The Labute approximate surface area is 279 Å². The summed E-state index contributed by atoms with van der Waals surface area (Å²) in [5.41, 5.74) is 4.85. The van der Waals surface area contributed by atoms with Crippen LogP contribution in [-0.4, -0.2) is 21.8 Å². The minimum absolute atomic E-state index is 0. The molecule has 1 aliphatic rings. The van der Waals surface area contributed by atoms with Crippen LogP contribution in [0.25, 0.3) is 23.1 Å². The number of halogens is 1. The predicted octanol–water partition coefficient (Wildman–Crippen LogP) is 4.62. The molecular formula is C35H35ClNNaO3S. The number of hydrogen-bond acceptors (Lipinski definition) is 5. The van der Waals surface area contributed by atoms with Crippen molar-refractivity contribution in [2.45, 2.75) is 56.8 Å². The molecule has 1 aliphatic carbocycles. The van der Waals surface area contributed by atoms with Gasteiger partial charge in [0.25, 0.3) is 0 Å². The third kappa shape index (κ3) is 8.28. The van der Waals surface area contributed by atoms with E-state index in [1.54, 1.807) is 0 Å². The summed E-state index contributed by atoms with van der Waals surface area (Å²) in [5, 5.41) is 24.1. The first-order valence-corrected chi connectivity index (χ1v) is 15.5. The third-order valence-electron chi connectivity index (χ3n) is 7.83. The summed E-state index contributed by atoms with van der Waals surface area (Å²) in [4.78, 5) is 16.4. The number of carboxylic acid groups (broad SMARTS) is 1. The van der Waals surface area contributed by atoms with Crippen LogP contribution in [0.4, 0.5) is 0 Å². The van der Waals surface area contributed by atoms with Crippen LogP contribution >= 0.6 is 23.4 Å². The Morgan fingerprint density at radius 3 is 2.57 bits per heavy atom. The summed E-state index contributed by atoms with van der Waals surface area (Å²) in [5.74, 6) is -0.0886. The molecule has 3 aromatic carbocycles. The van der Waals surface area contributed by atoms with Crippen LogP contribution in [0, 0.1) is 5.41 Å². The standard InChI is InChI=1S/C35H36ClNO3S.Na/c1-34(2,40)30-11-4-3-8-25(30)10-6-20-41-33(35(18-19-35)23-32(38)39)27-9-5-7-24(21-27)12-16-29-17-14-26-13-15-28(36)22-31(26)37-29;/h3-5,7-9,11-17,21-22,33,40H,6,10,18-20,23H2,1-2H3,(H,38,39);/q;+1/p-1/b16-12+;/t33-;/m0./s1. The van der Waals surface area contributed by atoms with E-state index in [1.807, 2.05) is 86.3 Å². The number of nitrogens with zero attached hydrogens (tertiary/aromatic N) is 1. The average molecular weight is 608 g/mol. The summed E-state index contributed by atoms with van der Waals surface area (Å²) in [6, 6.07) is 26.2. The van der Waals surface area contributed by atoms with E-state index in [2.05, 4.69) is 30.3 Å². The molecule has 212 valence electrons. The minimum Gasteiger partial charge on any atom is -0.550 e. The third-order valence-corrected chi connectivity index (χ3v) is 9.70. The van der Waals surface area contributed by atoms with Gasteiger partial charge in [0, 0.05) is 21.6 Å². The molecule has 0 amide bonds. The molecule has 0 bridgehead atoms. The van der Waals surface area contributed by atoms with Gasteiger partial charge >= 0.3 is 29.6 Å². The molecule has 1 fully saturated rings. The van der Waals surface area contributed by atoms with E-state index in [1.165, 1.54) is 0 Å². The van der Waals surface area contributed by atoms with E-state index in [0.29, 0.717) is 5.02 Å². The summed E-state index contributed by atoms with van der Waals surface area (Å²) in [6.45, 7) is 3.64. The van der Waals surface area contributed by atoms with E-state index >= 15 is 0 Å². The Morgan fingerprint density at radius 2 is 1.83 bits per heavy atom. The number of benzene rings is 3. The van der Waals surface area contributed by atoms with Gasteiger partial charge in [0.05, 0.1) is 16.8 Å². The molecule has 1 N–H and O–H groups in total. The number of carboxylic acids is 1. The van der Waals surface area contributed by atoms with Crippen molar-refractivity contribution in [1.29, 1.82) is 0 Å². The van der Waals surface area contributed by atoms with Gasteiger partial charge in [-0.25, -0.2) is 4.98 Å². The molecule has 1 heterocycles. The zero-order valence-electron chi connectivity index (χ0n) is 24.5. The summed E-state index contributed by atoms with van der Waals surface area (Å²) in [6.07, 6.45) is 7.71. The van der Waals surface area contributed by atoms with E-state index in [4.69, 9.17) is 16.6 Å². The first kappa shape index (κ1) is 32.8. The van der Waals surface area contributed by atoms with Crippen molar-refractivity contribution in [1.82, 2.24) is 4.98 Å². The zero-order chi connectivity index (χ0) is 29.0. The van der Waals surface area contributed by atoms with E-state index in [-0.39, 0.29) is 46.6 Å². The largest absolute Gasteiger partial charge is 1.00 e. The molecule has 0 radical (unpaired) electrons.